The first-order valence-corrected chi connectivity index (χ1v) is 8.40. The molecule has 1 atom stereocenters. The van der Waals surface area contributed by atoms with Crippen molar-refractivity contribution in [2.24, 2.45) is 0 Å². The second-order valence-corrected chi connectivity index (χ2v) is 6.46. The van der Waals surface area contributed by atoms with E-state index in [4.69, 9.17) is 4.74 Å². The predicted octanol–water partition coefficient (Wildman–Crippen LogP) is 5.30. The molecule has 0 saturated heterocycles. The van der Waals surface area contributed by atoms with Crippen molar-refractivity contribution < 1.29 is 9.84 Å². The standard InChI is InChI=1S/C19H19BrO2/c1-2-5-16(21)12-22-19-17-7-4-3-6-13(17)10-14-8-9-15(20)11-18(14)19/h3-4,6-11,16,21H,2,5,12H2,1H3. The molecule has 22 heavy (non-hydrogen) atoms. The third-order valence-electron chi connectivity index (χ3n) is 3.82. The average molecular weight is 359 g/mol. The zero-order valence-corrected chi connectivity index (χ0v) is 14.1. The normalized spacial score (nSPS) is 12.7. The van der Waals surface area contributed by atoms with Crippen LogP contribution in [-0.2, 0) is 0 Å². The molecule has 114 valence electrons. The smallest absolute Gasteiger partial charge is 0.135 e. The quantitative estimate of drug-likeness (QED) is 0.627. The van der Waals surface area contributed by atoms with Gasteiger partial charge in [-0.15, -0.1) is 0 Å². The number of hydrogen-bond acceptors (Lipinski definition) is 2. The van der Waals surface area contributed by atoms with E-state index in [9.17, 15) is 5.11 Å². The van der Waals surface area contributed by atoms with Crippen LogP contribution in [-0.4, -0.2) is 17.8 Å². The van der Waals surface area contributed by atoms with Crippen LogP contribution in [0.25, 0.3) is 21.5 Å². The van der Waals surface area contributed by atoms with E-state index in [0.29, 0.717) is 6.61 Å². The molecule has 0 spiro atoms. The van der Waals surface area contributed by atoms with Crippen LogP contribution in [0.15, 0.2) is 53.0 Å². The lowest BCUT2D eigenvalue weighted by molar-refractivity contribution is 0.101. The number of benzene rings is 3. The summed E-state index contributed by atoms with van der Waals surface area (Å²) in [5.74, 6) is 0.851. The van der Waals surface area contributed by atoms with Crippen LogP contribution in [0.2, 0.25) is 0 Å². The van der Waals surface area contributed by atoms with E-state index in [1.54, 1.807) is 0 Å². The summed E-state index contributed by atoms with van der Waals surface area (Å²) in [6, 6.07) is 16.6. The van der Waals surface area contributed by atoms with E-state index in [1.165, 1.54) is 0 Å². The lowest BCUT2D eigenvalue weighted by Gasteiger charge is -2.16. The Hall–Kier alpha value is -1.58. The van der Waals surface area contributed by atoms with Crippen molar-refractivity contribution in [3.8, 4) is 5.75 Å². The molecule has 0 radical (unpaired) electrons. The Kier molecular flexibility index (Phi) is 4.65. The molecule has 3 rings (SSSR count). The van der Waals surface area contributed by atoms with Crippen LogP contribution in [0, 0.1) is 0 Å². The third kappa shape index (κ3) is 3.11. The Morgan fingerprint density at radius 1 is 1.05 bits per heavy atom. The molecule has 0 saturated carbocycles. The first-order valence-electron chi connectivity index (χ1n) is 7.61. The largest absolute Gasteiger partial charge is 0.490 e. The number of rotatable bonds is 5. The highest BCUT2D eigenvalue weighted by Gasteiger charge is 2.11. The summed E-state index contributed by atoms with van der Waals surface area (Å²) < 4.78 is 7.05. The lowest BCUT2D eigenvalue weighted by Crippen LogP contribution is -2.17. The van der Waals surface area contributed by atoms with Crippen LogP contribution >= 0.6 is 15.9 Å². The van der Waals surface area contributed by atoms with Crippen molar-refractivity contribution in [2.45, 2.75) is 25.9 Å². The van der Waals surface area contributed by atoms with Gasteiger partial charge in [-0.1, -0.05) is 59.6 Å². The van der Waals surface area contributed by atoms with Gasteiger partial charge in [0, 0.05) is 15.2 Å². The van der Waals surface area contributed by atoms with Gasteiger partial charge in [0.1, 0.15) is 12.4 Å². The molecule has 0 aromatic heterocycles. The van der Waals surface area contributed by atoms with Crippen molar-refractivity contribution in [2.75, 3.05) is 6.61 Å². The molecule has 2 nitrogen and oxygen atoms in total. The third-order valence-corrected chi connectivity index (χ3v) is 4.31. The molecule has 0 heterocycles. The van der Waals surface area contributed by atoms with Crippen molar-refractivity contribution >= 4 is 37.5 Å². The predicted molar refractivity (Wildman–Crippen MR) is 95.6 cm³/mol. The summed E-state index contributed by atoms with van der Waals surface area (Å²) >= 11 is 3.53. The van der Waals surface area contributed by atoms with Gasteiger partial charge in [-0.2, -0.15) is 0 Å². The highest BCUT2D eigenvalue weighted by molar-refractivity contribution is 9.10. The maximum atomic E-state index is 9.97. The Labute approximate surface area is 138 Å². The lowest BCUT2D eigenvalue weighted by atomic mass is 10.0. The molecule has 3 heteroatoms. The first kappa shape index (κ1) is 15.3. The number of ether oxygens (including phenoxy) is 1. The monoisotopic (exact) mass is 358 g/mol. The molecule has 0 bridgehead atoms. The zero-order chi connectivity index (χ0) is 15.5. The number of aliphatic hydroxyl groups is 1. The summed E-state index contributed by atoms with van der Waals surface area (Å²) in [4.78, 5) is 0. The topological polar surface area (TPSA) is 29.5 Å². The van der Waals surface area contributed by atoms with E-state index in [-0.39, 0.29) is 0 Å². The molecule has 0 fully saturated rings. The first-order chi connectivity index (χ1) is 10.7. The Morgan fingerprint density at radius 2 is 1.82 bits per heavy atom. The summed E-state index contributed by atoms with van der Waals surface area (Å²) in [5.41, 5.74) is 0. The molecule has 3 aromatic carbocycles. The van der Waals surface area contributed by atoms with Crippen LogP contribution in [0.5, 0.6) is 5.75 Å². The molecule has 0 aliphatic carbocycles. The number of halogens is 1. The molecule has 1 unspecified atom stereocenters. The fourth-order valence-electron chi connectivity index (χ4n) is 2.74. The van der Waals surface area contributed by atoms with Gasteiger partial charge in [0.2, 0.25) is 0 Å². The summed E-state index contributed by atoms with van der Waals surface area (Å²) in [6.45, 7) is 2.39. The molecular weight excluding hydrogens is 340 g/mol. The number of fused-ring (bicyclic) bond motifs is 2. The maximum Gasteiger partial charge on any atom is 0.135 e. The fourth-order valence-corrected chi connectivity index (χ4v) is 3.11. The Bertz CT molecular complexity index is 798. The Morgan fingerprint density at radius 3 is 2.64 bits per heavy atom. The van der Waals surface area contributed by atoms with E-state index < -0.39 is 6.10 Å². The van der Waals surface area contributed by atoms with Crippen LogP contribution < -0.4 is 4.74 Å². The van der Waals surface area contributed by atoms with Gasteiger partial charge in [-0.25, -0.2) is 0 Å². The highest BCUT2D eigenvalue weighted by Crippen LogP contribution is 2.36. The van der Waals surface area contributed by atoms with Gasteiger partial charge in [0.05, 0.1) is 6.10 Å². The summed E-state index contributed by atoms with van der Waals surface area (Å²) in [6.07, 6.45) is 1.28. The molecular formula is C19H19BrO2. The van der Waals surface area contributed by atoms with Crippen molar-refractivity contribution in [3.63, 3.8) is 0 Å². The fraction of sp³-hybridized carbons (Fsp3) is 0.263. The van der Waals surface area contributed by atoms with Crippen LogP contribution in [0.3, 0.4) is 0 Å². The van der Waals surface area contributed by atoms with Gasteiger partial charge in [0.25, 0.3) is 0 Å². The molecule has 3 aromatic rings. The Balaban J connectivity index is 2.11. The average Bonchev–Trinajstić information content (AvgIpc) is 2.52. The van der Waals surface area contributed by atoms with Gasteiger partial charge < -0.3 is 9.84 Å². The van der Waals surface area contributed by atoms with Gasteiger partial charge in [-0.05, 0) is 35.4 Å². The van der Waals surface area contributed by atoms with E-state index in [0.717, 1.165) is 44.6 Å². The van der Waals surface area contributed by atoms with Gasteiger partial charge in [0.15, 0.2) is 0 Å². The molecule has 0 amide bonds. The van der Waals surface area contributed by atoms with Gasteiger partial charge >= 0.3 is 0 Å². The van der Waals surface area contributed by atoms with Gasteiger partial charge in [-0.3, -0.25) is 0 Å². The number of aliphatic hydroxyl groups excluding tert-OH is 1. The van der Waals surface area contributed by atoms with E-state index >= 15 is 0 Å². The SMILES string of the molecule is CCCC(O)COc1c2ccccc2cc2ccc(Br)cc12. The second kappa shape index (κ2) is 6.67. The molecule has 0 aliphatic rings. The maximum absolute atomic E-state index is 9.97. The zero-order valence-electron chi connectivity index (χ0n) is 12.6. The van der Waals surface area contributed by atoms with E-state index in [2.05, 4.69) is 53.2 Å². The molecule has 1 N–H and O–H groups in total. The minimum absolute atomic E-state index is 0.323. The second-order valence-electron chi connectivity index (χ2n) is 5.55. The summed E-state index contributed by atoms with van der Waals surface area (Å²) in [5, 5.41) is 14.4. The number of hydrogen-bond donors (Lipinski definition) is 1. The van der Waals surface area contributed by atoms with Crippen molar-refractivity contribution in [1.29, 1.82) is 0 Å². The highest BCUT2D eigenvalue weighted by atomic mass is 79.9. The summed E-state index contributed by atoms with van der Waals surface area (Å²) in [7, 11) is 0. The minimum Gasteiger partial charge on any atom is -0.490 e. The van der Waals surface area contributed by atoms with Crippen molar-refractivity contribution in [1.82, 2.24) is 0 Å². The molecule has 0 aliphatic heterocycles. The minimum atomic E-state index is -0.425. The van der Waals surface area contributed by atoms with Crippen LogP contribution in [0.4, 0.5) is 0 Å². The van der Waals surface area contributed by atoms with Crippen LogP contribution in [0.1, 0.15) is 19.8 Å². The van der Waals surface area contributed by atoms with E-state index in [1.807, 2.05) is 18.2 Å². The van der Waals surface area contributed by atoms with Crippen molar-refractivity contribution in [3.05, 3.63) is 53.0 Å².